The van der Waals surface area contributed by atoms with E-state index in [4.69, 9.17) is 4.74 Å². The van der Waals surface area contributed by atoms with Crippen molar-refractivity contribution in [1.82, 2.24) is 9.97 Å². The molecule has 0 aliphatic carbocycles. The van der Waals surface area contributed by atoms with Gasteiger partial charge in [-0.3, -0.25) is 0 Å². The minimum atomic E-state index is 0.871. The van der Waals surface area contributed by atoms with Crippen molar-refractivity contribution < 1.29 is 9.64 Å². The zero-order valence-corrected chi connectivity index (χ0v) is 14.3. The topological polar surface area (TPSA) is 51.5 Å². The smallest absolute Gasteiger partial charge is 0.139 e. The third-order valence-electron chi connectivity index (χ3n) is 4.43. The number of nitrogens with zero attached hydrogens (tertiary/aromatic N) is 2. The van der Waals surface area contributed by atoms with Crippen LogP contribution in [0.5, 0.6) is 0 Å². The third-order valence-corrected chi connectivity index (χ3v) is 5.31. The molecule has 1 saturated heterocycles. The SMILES string of the molecule is c1ccc(-c2csc3ncnc(NCC[NH+]4CCOCC4)c23)cc1. The molecule has 3 heterocycles. The fraction of sp³-hybridized carbons (Fsp3) is 0.333. The van der Waals surface area contributed by atoms with E-state index in [-0.39, 0.29) is 0 Å². The Bertz CT molecular complexity index is 799. The van der Waals surface area contributed by atoms with Crippen LogP contribution in [0.15, 0.2) is 42.0 Å². The highest BCUT2D eigenvalue weighted by molar-refractivity contribution is 7.17. The third kappa shape index (κ3) is 3.26. The van der Waals surface area contributed by atoms with Crippen LogP contribution in [0, 0.1) is 0 Å². The first-order valence-corrected chi connectivity index (χ1v) is 9.22. The van der Waals surface area contributed by atoms with Crippen LogP contribution in [0.1, 0.15) is 0 Å². The molecule has 0 radical (unpaired) electrons. The van der Waals surface area contributed by atoms with Crippen LogP contribution in [0.4, 0.5) is 5.82 Å². The number of fused-ring (bicyclic) bond motifs is 1. The summed E-state index contributed by atoms with van der Waals surface area (Å²) in [5.74, 6) is 0.938. The molecule has 5 nitrogen and oxygen atoms in total. The lowest BCUT2D eigenvalue weighted by molar-refractivity contribution is -0.906. The van der Waals surface area contributed by atoms with Gasteiger partial charge in [-0.1, -0.05) is 30.3 Å². The maximum absolute atomic E-state index is 5.42. The molecule has 0 bridgehead atoms. The molecule has 1 aliphatic rings. The molecular formula is C18H21N4OS+. The number of quaternary nitrogens is 1. The molecule has 0 unspecified atom stereocenters. The summed E-state index contributed by atoms with van der Waals surface area (Å²) in [6.07, 6.45) is 1.65. The van der Waals surface area contributed by atoms with E-state index in [1.807, 2.05) is 6.07 Å². The molecule has 2 N–H and O–H groups in total. The quantitative estimate of drug-likeness (QED) is 0.741. The normalized spacial score (nSPS) is 15.7. The standard InChI is InChI=1S/C18H20N4OS/c1-2-4-14(5-3-1)15-12-24-18-16(15)17(20-13-21-18)19-6-7-22-8-10-23-11-9-22/h1-5,12-13H,6-11H2,(H,19,20,21)/p+1. The number of anilines is 1. The number of thiophene rings is 1. The summed E-state index contributed by atoms with van der Waals surface area (Å²) < 4.78 is 5.42. The van der Waals surface area contributed by atoms with Crippen LogP contribution in [-0.2, 0) is 4.74 Å². The maximum Gasteiger partial charge on any atom is 0.139 e. The van der Waals surface area contributed by atoms with Crippen molar-refractivity contribution >= 4 is 27.4 Å². The molecule has 0 spiro atoms. The summed E-state index contributed by atoms with van der Waals surface area (Å²) in [6.45, 7) is 5.92. The van der Waals surface area contributed by atoms with E-state index >= 15 is 0 Å². The van der Waals surface area contributed by atoms with Crippen molar-refractivity contribution in [2.45, 2.75) is 0 Å². The monoisotopic (exact) mass is 341 g/mol. The number of rotatable bonds is 5. The van der Waals surface area contributed by atoms with Gasteiger partial charge in [0.1, 0.15) is 30.1 Å². The molecule has 24 heavy (non-hydrogen) atoms. The molecule has 124 valence electrons. The van der Waals surface area contributed by atoms with Crippen molar-refractivity contribution in [3.05, 3.63) is 42.0 Å². The maximum atomic E-state index is 5.42. The lowest BCUT2D eigenvalue weighted by Gasteiger charge is -2.23. The van der Waals surface area contributed by atoms with E-state index in [1.54, 1.807) is 22.6 Å². The van der Waals surface area contributed by atoms with E-state index in [2.05, 4.69) is 44.9 Å². The molecule has 1 fully saturated rings. The Morgan fingerprint density at radius 2 is 1.96 bits per heavy atom. The number of ether oxygens (including phenoxy) is 1. The van der Waals surface area contributed by atoms with Crippen LogP contribution >= 0.6 is 11.3 Å². The number of nitrogens with one attached hydrogen (secondary N) is 2. The van der Waals surface area contributed by atoms with Gasteiger partial charge in [0, 0.05) is 10.9 Å². The van der Waals surface area contributed by atoms with Gasteiger partial charge in [0.25, 0.3) is 0 Å². The van der Waals surface area contributed by atoms with Crippen LogP contribution in [0.25, 0.3) is 21.3 Å². The van der Waals surface area contributed by atoms with Crippen molar-refractivity contribution in [1.29, 1.82) is 0 Å². The molecule has 0 amide bonds. The number of morpholine rings is 1. The number of hydrogen-bond acceptors (Lipinski definition) is 5. The first-order valence-electron chi connectivity index (χ1n) is 8.34. The van der Waals surface area contributed by atoms with Gasteiger partial charge >= 0.3 is 0 Å². The van der Waals surface area contributed by atoms with Crippen molar-refractivity contribution in [3.63, 3.8) is 0 Å². The second-order valence-electron chi connectivity index (χ2n) is 5.96. The number of benzene rings is 1. The zero-order valence-electron chi connectivity index (χ0n) is 13.5. The summed E-state index contributed by atoms with van der Waals surface area (Å²) in [5.41, 5.74) is 2.41. The molecule has 0 saturated carbocycles. The average Bonchev–Trinajstić information content (AvgIpc) is 3.08. The van der Waals surface area contributed by atoms with Crippen molar-refractivity contribution in [3.8, 4) is 11.1 Å². The highest BCUT2D eigenvalue weighted by Gasteiger charge is 2.15. The predicted octanol–water partition coefficient (Wildman–Crippen LogP) is 1.69. The highest BCUT2D eigenvalue weighted by Crippen LogP contribution is 2.36. The van der Waals surface area contributed by atoms with E-state index in [0.29, 0.717) is 0 Å². The van der Waals surface area contributed by atoms with E-state index in [9.17, 15) is 0 Å². The van der Waals surface area contributed by atoms with E-state index in [0.717, 1.165) is 55.4 Å². The summed E-state index contributed by atoms with van der Waals surface area (Å²) in [7, 11) is 0. The Morgan fingerprint density at radius 3 is 2.79 bits per heavy atom. The van der Waals surface area contributed by atoms with Crippen LogP contribution in [0.3, 0.4) is 0 Å². The Hall–Kier alpha value is -2.02. The number of hydrogen-bond donors (Lipinski definition) is 2. The van der Waals surface area contributed by atoms with Crippen molar-refractivity contribution in [2.75, 3.05) is 44.7 Å². The van der Waals surface area contributed by atoms with Gasteiger partial charge in [0.2, 0.25) is 0 Å². The fourth-order valence-electron chi connectivity index (χ4n) is 3.11. The molecule has 2 aromatic heterocycles. The van der Waals surface area contributed by atoms with Crippen molar-refractivity contribution in [2.24, 2.45) is 0 Å². The van der Waals surface area contributed by atoms with Crippen LogP contribution in [-0.4, -0.2) is 49.4 Å². The Kier molecular flexibility index (Phi) is 4.69. The molecule has 4 rings (SSSR count). The lowest BCUT2D eigenvalue weighted by Crippen LogP contribution is -3.14. The Morgan fingerprint density at radius 1 is 1.12 bits per heavy atom. The number of aromatic nitrogens is 2. The van der Waals surface area contributed by atoms with Gasteiger partial charge in [0.05, 0.1) is 31.7 Å². The second kappa shape index (κ2) is 7.25. The first-order chi connectivity index (χ1) is 11.9. The molecule has 0 atom stereocenters. The van der Waals surface area contributed by atoms with Gasteiger partial charge in [0.15, 0.2) is 0 Å². The van der Waals surface area contributed by atoms with E-state index < -0.39 is 0 Å². The summed E-state index contributed by atoms with van der Waals surface area (Å²) >= 11 is 1.67. The van der Waals surface area contributed by atoms with Gasteiger partial charge in [-0.2, -0.15) is 0 Å². The minimum absolute atomic E-state index is 0.871. The first kappa shape index (κ1) is 15.5. The average molecular weight is 341 g/mol. The molecule has 1 aromatic carbocycles. The molecule has 6 heteroatoms. The van der Waals surface area contributed by atoms with Gasteiger partial charge < -0.3 is 15.0 Å². The fourth-order valence-corrected chi connectivity index (χ4v) is 4.02. The van der Waals surface area contributed by atoms with Gasteiger partial charge in [-0.15, -0.1) is 11.3 Å². The Labute approximate surface area is 145 Å². The predicted molar refractivity (Wildman–Crippen MR) is 97.7 cm³/mol. The van der Waals surface area contributed by atoms with Gasteiger partial charge in [-0.25, -0.2) is 9.97 Å². The molecule has 1 aliphatic heterocycles. The largest absolute Gasteiger partial charge is 0.370 e. The summed E-state index contributed by atoms with van der Waals surface area (Å²) in [6, 6.07) is 10.4. The second-order valence-corrected chi connectivity index (χ2v) is 6.82. The van der Waals surface area contributed by atoms with Gasteiger partial charge in [-0.05, 0) is 5.56 Å². The van der Waals surface area contributed by atoms with Crippen LogP contribution in [0.2, 0.25) is 0 Å². The molecule has 3 aromatic rings. The zero-order chi connectivity index (χ0) is 16.2. The highest BCUT2D eigenvalue weighted by atomic mass is 32.1. The molecular weight excluding hydrogens is 320 g/mol. The lowest BCUT2D eigenvalue weighted by atomic mass is 10.1. The van der Waals surface area contributed by atoms with E-state index in [1.165, 1.54) is 11.1 Å². The Balaban J connectivity index is 1.55. The minimum Gasteiger partial charge on any atom is -0.370 e. The summed E-state index contributed by atoms with van der Waals surface area (Å²) in [5, 5.41) is 6.83. The summed E-state index contributed by atoms with van der Waals surface area (Å²) in [4.78, 5) is 11.6. The van der Waals surface area contributed by atoms with Crippen LogP contribution < -0.4 is 10.2 Å².